The van der Waals surface area contributed by atoms with Gasteiger partial charge in [0.15, 0.2) is 0 Å². The average Bonchev–Trinajstić information content (AvgIpc) is 2.25. The molecule has 0 radical (unpaired) electrons. The molecule has 0 N–H and O–H groups in total. The molecule has 18 heavy (non-hydrogen) atoms. The maximum absolute atomic E-state index is 12.2. The Balaban J connectivity index is 4.22. The van der Waals surface area contributed by atoms with Crippen molar-refractivity contribution in [1.82, 2.24) is 0 Å². The van der Waals surface area contributed by atoms with Crippen molar-refractivity contribution in [2.45, 2.75) is 60.8 Å². The van der Waals surface area contributed by atoms with Gasteiger partial charge in [-0.1, -0.05) is 45.1 Å². The van der Waals surface area contributed by atoms with Crippen LogP contribution in [0, 0.1) is 17.3 Å². The van der Waals surface area contributed by atoms with Gasteiger partial charge < -0.3 is 0 Å². The Morgan fingerprint density at radius 2 is 1.78 bits per heavy atom. The van der Waals surface area contributed by atoms with Gasteiger partial charge in [-0.25, -0.2) is 0 Å². The molecule has 0 rings (SSSR count). The Kier molecular flexibility index (Phi) is 7.90. The highest BCUT2D eigenvalue weighted by atomic mass is 16.1. The zero-order valence-electron chi connectivity index (χ0n) is 13.0. The van der Waals surface area contributed by atoms with E-state index in [1.807, 2.05) is 45.1 Å². The number of hydrogen-bond donors (Lipinski definition) is 0. The van der Waals surface area contributed by atoms with E-state index in [1.165, 1.54) is 6.42 Å². The predicted molar refractivity (Wildman–Crippen MR) is 80.6 cm³/mol. The number of rotatable bonds is 8. The van der Waals surface area contributed by atoms with E-state index < -0.39 is 0 Å². The van der Waals surface area contributed by atoms with E-state index in [-0.39, 0.29) is 5.41 Å². The third-order valence-electron chi connectivity index (χ3n) is 3.27. The molecule has 0 saturated heterocycles. The lowest BCUT2D eigenvalue weighted by Gasteiger charge is -2.20. The molecule has 0 saturated carbocycles. The highest BCUT2D eigenvalue weighted by Gasteiger charge is 2.23. The maximum atomic E-state index is 12.2. The van der Waals surface area contributed by atoms with Crippen LogP contribution in [0.2, 0.25) is 0 Å². The second kappa shape index (κ2) is 8.29. The number of carbonyl (C=O) groups excluding carboxylic acids is 1. The van der Waals surface area contributed by atoms with Gasteiger partial charge in [0.1, 0.15) is 5.78 Å². The van der Waals surface area contributed by atoms with Crippen LogP contribution in [0.5, 0.6) is 0 Å². The van der Waals surface area contributed by atoms with Crippen LogP contribution in [-0.4, -0.2) is 5.78 Å². The Hall–Kier alpha value is -0.850. The smallest absolute Gasteiger partial charge is 0.142 e. The first-order chi connectivity index (χ1) is 8.29. The van der Waals surface area contributed by atoms with Crippen molar-refractivity contribution in [3.63, 3.8) is 0 Å². The molecule has 0 amide bonds. The summed E-state index contributed by atoms with van der Waals surface area (Å²) in [6.45, 7) is 12.7. The second-order valence-electron chi connectivity index (χ2n) is 6.30. The number of hydrogen-bond acceptors (Lipinski definition) is 1. The Morgan fingerprint density at radius 3 is 2.28 bits per heavy atom. The molecule has 0 aromatic rings. The summed E-state index contributed by atoms with van der Waals surface area (Å²) in [5.41, 5.74) is -0.336. The van der Waals surface area contributed by atoms with Crippen molar-refractivity contribution >= 4 is 5.78 Å². The summed E-state index contributed by atoms with van der Waals surface area (Å²) in [5.74, 6) is 1.71. The van der Waals surface area contributed by atoms with E-state index in [2.05, 4.69) is 20.8 Å². The van der Waals surface area contributed by atoms with Crippen LogP contribution in [0.4, 0.5) is 0 Å². The van der Waals surface area contributed by atoms with Crippen molar-refractivity contribution in [2.75, 3.05) is 0 Å². The molecule has 0 fully saturated rings. The molecular weight excluding hydrogens is 220 g/mol. The van der Waals surface area contributed by atoms with Crippen LogP contribution < -0.4 is 0 Å². The van der Waals surface area contributed by atoms with E-state index >= 15 is 0 Å². The molecule has 104 valence electrons. The Labute approximate surface area is 113 Å². The average molecular weight is 250 g/mol. The topological polar surface area (TPSA) is 17.1 Å². The fourth-order valence-corrected chi connectivity index (χ4v) is 2.12. The van der Waals surface area contributed by atoms with Crippen molar-refractivity contribution in [3.05, 3.63) is 24.3 Å². The van der Waals surface area contributed by atoms with Crippen LogP contribution in [0.15, 0.2) is 24.3 Å². The molecule has 1 atom stereocenters. The maximum Gasteiger partial charge on any atom is 0.142 e. The monoisotopic (exact) mass is 250 g/mol. The first kappa shape index (κ1) is 17.2. The van der Waals surface area contributed by atoms with E-state index in [4.69, 9.17) is 0 Å². The molecule has 1 nitrogen and oxygen atoms in total. The van der Waals surface area contributed by atoms with E-state index in [9.17, 15) is 4.79 Å². The van der Waals surface area contributed by atoms with Gasteiger partial charge >= 0.3 is 0 Å². The number of ketones is 1. The zero-order chi connectivity index (χ0) is 14.2. The molecule has 1 unspecified atom stereocenters. The van der Waals surface area contributed by atoms with Gasteiger partial charge in [-0.3, -0.25) is 4.79 Å². The molecule has 0 aromatic carbocycles. The molecule has 0 heterocycles. The van der Waals surface area contributed by atoms with Gasteiger partial charge in [0.25, 0.3) is 0 Å². The Morgan fingerprint density at radius 1 is 1.17 bits per heavy atom. The van der Waals surface area contributed by atoms with E-state index in [1.54, 1.807) is 0 Å². The summed E-state index contributed by atoms with van der Waals surface area (Å²) in [6, 6.07) is 0. The minimum Gasteiger partial charge on any atom is -0.299 e. The van der Waals surface area contributed by atoms with Crippen molar-refractivity contribution in [2.24, 2.45) is 17.3 Å². The largest absolute Gasteiger partial charge is 0.299 e. The number of carbonyl (C=O) groups is 1. The van der Waals surface area contributed by atoms with Gasteiger partial charge in [-0.2, -0.15) is 0 Å². The minimum atomic E-state index is -0.336. The predicted octanol–water partition coefficient (Wildman–Crippen LogP) is 5.18. The van der Waals surface area contributed by atoms with Crippen LogP contribution in [0.1, 0.15) is 60.8 Å². The van der Waals surface area contributed by atoms with Gasteiger partial charge in [0.2, 0.25) is 0 Å². The molecule has 0 spiro atoms. The fraction of sp³-hybridized carbons (Fsp3) is 0.706. The quantitative estimate of drug-likeness (QED) is 0.543. The van der Waals surface area contributed by atoms with Gasteiger partial charge in [0, 0.05) is 11.8 Å². The summed E-state index contributed by atoms with van der Waals surface area (Å²) in [6.07, 6.45) is 10.8. The number of Topliss-reactive ketones (excluding diaryl/α,β-unsaturated/α-hetero) is 1. The highest BCUT2D eigenvalue weighted by Crippen LogP contribution is 2.24. The molecule has 1 heteroatoms. The summed E-state index contributed by atoms with van der Waals surface area (Å²) >= 11 is 0. The summed E-state index contributed by atoms with van der Waals surface area (Å²) in [7, 11) is 0. The summed E-state index contributed by atoms with van der Waals surface area (Å²) in [5, 5.41) is 0. The lowest BCUT2D eigenvalue weighted by atomic mass is 9.83. The zero-order valence-corrected chi connectivity index (χ0v) is 13.0. The summed E-state index contributed by atoms with van der Waals surface area (Å²) < 4.78 is 0. The number of allylic oxidation sites excluding steroid dienone is 4. The second-order valence-corrected chi connectivity index (χ2v) is 6.30. The standard InChI is InChI=1S/C17H30O/c1-7-8-9-12-17(5,6)16(18)11-10-15(4)13-14(2)3/h7-9,12,14-15H,10-11,13H2,1-6H3/b8-7+,12-9+. The lowest BCUT2D eigenvalue weighted by molar-refractivity contribution is -0.125. The van der Waals surface area contributed by atoms with Gasteiger partial charge in [-0.15, -0.1) is 0 Å². The van der Waals surface area contributed by atoms with Gasteiger partial charge in [-0.05, 0) is 45.4 Å². The van der Waals surface area contributed by atoms with E-state index in [0.29, 0.717) is 18.1 Å². The van der Waals surface area contributed by atoms with Crippen molar-refractivity contribution in [3.8, 4) is 0 Å². The molecule has 0 aromatic heterocycles. The third-order valence-corrected chi connectivity index (χ3v) is 3.27. The van der Waals surface area contributed by atoms with E-state index in [0.717, 1.165) is 12.3 Å². The van der Waals surface area contributed by atoms with Crippen LogP contribution in [0.25, 0.3) is 0 Å². The molecule has 0 bridgehead atoms. The third kappa shape index (κ3) is 7.47. The summed E-state index contributed by atoms with van der Waals surface area (Å²) in [4.78, 5) is 12.2. The molecular formula is C17H30O. The first-order valence-corrected chi connectivity index (χ1v) is 7.13. The Bertz CT molecular complexity index is 295. The fourth-order valence-electron chi connectivity index (χ4n) is 2.12. The molecule has 0 aliphatic carbocycles. The van der Waals surface area contributed by atoms with Crippen LogP contribution >= 0.6 is 0 Å². The van der Waals surface area contributed by atoms with Crippen LogP contribution in [0.3, 0.4) is 0 Å². The minimum absolute atomic E-state index is 0.336. The van der Waals surface area contributed by atoms with Crippen LogP contribution in [-0.2, 0) is 4.79 Å². The molecule has 0 aliphatic rings. The van der Waals surface area contributed by atoms with Gasteiger partial charge in [0.05, 0.1) is 0 Å². The van der Waals surface area contributed by atoms with Crippen molar-refractivity contribution < 1.29 is 4.79 Å². The lowest BCUT2D eigenvalue weighted by Crippen LogP contribution is -2.22. The first-order valence-electron chi connectivity index (χ1n) is 7.13. The SMILES string of the molecule is C/C=C/C=C/C(C)(C)C(=O)CCC(C)CC(C)C. The van der Waals surface area contributed by atoms with Crippen molar-refractivity contribution in [1.29, 1.82) is 0 Å². The molecule has 0 aliphatic heterocycles. The normalized spacial score (nSPS) is 14.8. The highest BCUT2D eigenvalue weighted by molar-refractivity contribution is 5.85.